The Morgan fingerprint density at radius 2 is 1.88 bits per heavy atom. The number of hydrogen-bond donors (Lipinski definition) is 1. The lowest BCUT2D eigenvalue weighted by Crippen LogP contribution is -2.33. The van der Waals surface area contributed by atoms with E-state index in [1.807, 2.05) is 6.92 Å². The number of carbonyl (C=O) groups is 2. The summed E-state index contributed by atoms with van der Waals surface area (Å²) in [5, 5.41) is 3.07. The van der Waals surface area contributed by atoms with Crippen molar-refractivity contribution in [2.45, 2.75) is 32.6 Å². The molecular formula is C12H24N2O3. The summed E-state index contributed by atoms with van der Waals surface area (Å²) in [6.45, 7) is 3.45. The number of carbonyl (C=O) groups excluding carboxylic acids is 2. The number of hydrogen-bond acceptors (Lipinski definition) is 4. The van der Waals surface area contributed by atoms with Crippen molar-refractivity contribution in [1.82, 2.24) is 10.2 Å². The molecule has 0 aliphatic heterocycles. The Labute approximate surface area is 103 Å². The Bertz CT molecular complexity index is 230. The second-order valence-corrected chi connectivity index (χ2v) is 4.08. The van der Waals surface area contributed by atoms with Gasteiger partial charge in [-0.25, -0.2) is 0 Å². The molecule has 0 radical (unpaired) electrons. The molecule has 100 valence electrons. The number of amides is 1. The smallest absolute Gasteiger partial charge is 0.305 e. The first kappa shape index (κ1) is 15.9. The molecule has 0 rings (SSSR count). The van der Waals surface area contributed by atoms with Crippen LogP contribution in [0, 0.1) is 0 Å². The summed E-state index contributed by atoms with van der Waals surface area (Å²) in [5.41, 5.74) is 0. The predicted octanol–water partition coefficient (Wildman–Crippen LogP) is 0.788. The summed E-state index contributed by atoms with van der Waals surface area (Å²) in [5.74, 6) is -0.0419. The highest BCUT2D eigenvalue weighted by atomic mass is 16.5. The van der Waals surface area contributed by atoms with Gasteiger partial charge in [0.1, 0.15) is 0 Å². The Hall–Kier alpha value is -1.10. The van der Waals surface area contributed by atoms with Crippen LogP contribution < -0.4 is 5.32 Å². The van der Waals surface area contributed by atoms with Crippen molar-refractivity contribution in [2.24, 2.45) is 0 Å². The van der Waals surface area contributed by atoms with E-state index < -0.39 is 0 Å². The Kier molecular flexibility index (Phi) is 9.43. The first-order valence-corrected chi connectivity index (χ1v) is 6.14. The van der Waals surface area contributed by atoms with E-state index in [-0.39, 0.29) is 11.9 Å². The Morgan fingerprint density at radius 3 is 2.47 bits per heavy atom. The van der Waals surface area contributed by atoms with Gasteiger partial charge in [0.2, 0.25) is 5.91 Å². The first-order valence-electron chi connectivity index (χ1n) is 6.14. The van der Waals surface area contributed by atoms with Gasteiger partial charge < -0.3 is 15.0 Å². The van der Waals surface area contributed by atoms with Gasteiger partial charge in [-0.15, -0.1) is 0 Å². The zero-order valence-corrected chi connectivity index (χ0v) is 11.1. The van der Waals surface area contributed by atoms with Crippen LogP contribution in [0.5, 0.6) is 0 Å². The summed E-state index contributed by atoms with van der Waals surface area (Å²) < 4.78 is 4.82. The molecule has 0 atom stereocenters. The summed E-state index contributed by atoms with van der Waals surface area (Å²) in [6.07, 6.45) is 3.29. The molecule has 5 heteroatoms. The van der Waals surface area contributed by atoms with Gasteiger partial charge in [-0.1, -0.05) is 6.42 Å². The highest BCUT2D eigenvalue weighted by Gasteiger charge is 2.02. The van der Waals surface area contributed by atoms with Crippen molar-refractivity contribution >= 4 is 11.9 Å². The molecule has 1 amide bonds. The van der Waals surface area contributed by atoms with Crippen LogP contribution in [-0.2, 0) is 14.3 Å². The van der Waals surface area contributed by atoms with Crippen LogP contribution in [-0.4, -0.2) is 50.6 Å². The molecule has 0 aromatic carbocycles. The molecule has 17 heavy (non-hydrogen) atoms. The van der Waals surface area contributed by atoms with Gasteiger partial charge in [0.15, 0.2) is 0 Å². The number of rotatable bonds is 9. The number of nitrogens with one attached hydrogen (secondary N) is 1. The minimum atomic E-state index is -0.122. The highest BCUT2D eigenvalue weighted by Crippen LogP contribution is 2.00. The molecule has 0 bridgehead atoms. The third kappa shape index (κ3) is 9.81. The maximum Gasteiger partial charge on any atom is 0.305 e. The number of ether oxygens (including phenoxy) is 1. The summed E-state index contributed by atoms with van der Waals surface area (Å²) in [6, 6.07) is 0. The van der Waals surface area contributed by atoms with Gasteiger partial charge in [-0.3, -0.25) is 9.59 Å². The molecule has 0 aliphatic carbocycles. The quantitative estimate of drug-likeness (QED) is 0.481. The lowest BCUT2D eigenvalue weighted by atomic mass is 10.2. The van der Waals surface area contributed by atoms with Crippen molar-refractivity contribution in [2.75, 3.05) is 33.8 Å². The number of esters is 1. The van der Waals surface area contributed by atoms with Gasteiger partial charge in [0.25, 0.3) is 0 Å². The van der Waals surface area contributed by atoms with Gasteiger partial charge >= 0.3 is 5.97 Å². The summed E-state index contributed by atoms with van der Waals surface area (Å²) in [4.78, 5) is 23.8. The molecule has 0 spiro atoms. The molecule has 0 unspecified atom stereocenters. The minimum Gasteiger partial charge on any atom is -0.466 e. The van der Waals surface area contributed by atoms with E-state index in [0.717, 1.165) is 25.8 Å². The van der Waals surface area contributed by atoms with E-state index >= 15 is 0 Å². The topological polar surface area (TPSA) is 58.6 Å². The fourth-order valence-electron chi connectivity index (χ4n) is 1.28. The second kappa shape index (κ2) is 10.1. The van der Waals surface area contributed by atoms with Gasteiger partial charge in [-0.05, 0) is 26.3 Å². The number of unbranched alkanes of at least 4 members (excludes halogenated alkanes) is 2. The average Bonchev–Trinajstić information content (AvgIpc) is 2.27. The van der Waals surface area contributed by atoms with Gasteiger partial charge in [0.05, 0.1) is 13.2 Å². The SMILES string of the molecule is CCOC(=O)CCCCCNCC(=O)N(C)C. The fourth-order valence-corrected chi connectivity index (χ4v) is 1.28. The molecule has 0 aromatic rings. The zero-order valence-electron chi connectivity index (χ0n) is 11.1. The predicted molar refractivity (Wildman–Crippen MR) is 66.7 cm³/mol. The van der Waals surface area contributed by atoms with Crippen LogP contribution in [0.4, 0.5) is 0 Å². The Morgan fingerprint density at radius 1 is 1.18 bits per heavy atom. The molecular weight excluding hydrogens is 220 g/mol. The van der Waals surface area contributed by atoms with Crippen LogP contribution in [0.15, 0.2) is 0 Å². The van der Waals surface area contributed by atoms with Crippen LogP contribution in [0.25, 0.3) is 0 Å². The number of likely N-dealkylation sites (N-methyl/N-ethyl adjacent to an activating group) is 1. The van der Waals surface area contributed by atoms with E-state index in [2.05, 4.69) is 5.32 Å². The van der Waals surface area contributed by atoms with Crippen molar-refractivity contribution in [3.63, 3.8) is 0 Å². The zero-order chi connectivity index (χ0) is 13.1. The van der Waals surface area contributed by atoms with Gasteiger partial charge in [-0.2, -0.15) is 0 Å². The van der Waals surface area contributed by atoms with Crippen LogP contribution >= 0.6 is 0 Å². The van der Waals surface area contributed by atoms with E-state index in [4.69, 9.17) is 4.74 Å². The molecule has 0 aromatic heterocycles. The largest absolute Gasteiger partial charge is 0.466 e. The van der Waals surface area contributed by atoms with E-state index in [1.165, 1.54) is 0 Å². The Balaban J connectivity index is 3.24. The number of nitrogens with zero attached hydrogens (tertiary/aromatic N) is 1. The molecule has 0 fully saturated rings. The lowest BCUT2D eigenvalue weighted by molar-refractivity contribution is -0.143. The third-order valence-electron chi connectivity index (χ3n) is 2.31. The summed E-state index contributed by atoms with van der Waals surface area (Å²) in [7, 11) is 3.48. The standard InChI is InChI=1S/C12H24N2O3/c1-4-17-12(16)8-6-5-7-9-13-10-11(15)14(2)3/h13H,4-10H2,1-3H3. The van der Waals surface area contributed by atoms with Crippen molar-refractivity contribution < 1.29 is 14.3 Å². The van der Waals surface area contributed by atoms with Crippen molar-refractivity contribution in [1.29, 1.82) is 0 Å². The van der Waals surface area contributed by atoms with Crippen LogP contribution in [0.1, 0.15) is 32.6 Å². The highest BCUT2D eigenvalue weighted by molar-refractivity contribution is 5.77. The van der Waals surface area contributed by atoms with E-state index in [0.29, 0.717) is 19.6 Å². The second-order valence-electron chi connectivity index (χ2n) is 4.08. The van der Waals surface area contributed by atoms with Crippen LogP contribution in [0.3, 0.4) is 0 Å². The molecule has 5 nitrogen and oxygen atoms in total. The van der Waals surface area contributed by atoms with E-state index in [9.17, 15) is 9.59 Å². The molecule has 0 saturated heterocycles. The average molecular weight is 244 g/mol. The molecule has 0 aliphatic rings. The first-order chi connectivity index (χ1) is 8.07. The van der Waals surface area contributed by atoms with Crippen molar-refractivity contribution in [3.05, 3.63) is 0 Å². The third-order valence-corrected chi connectivity index (χ3v) is 2.31. The minimum absolute atomic E-state index is 0.0801. The maximum absolute atomic E-state index is 11.2. The molecule has 1 N–H and O–H groups in total. The molecule has 0 heterocycles. The van der Waals surface area contributed by atoms with E-state index in [1.54, 1.807) is 19.0 Å². The molecule has 0 saturated carbocycles. The maximum atomic E-state index is 11.2. The lowest BCUT2D eigenvalue weighted by Gasteiger charge is -2.10. The van der Waals surface area contributed by atoms with Gasteiger partial charge in [0, 0.05) is 20.5 Å². The fraction of sp³-hybridized carbons (Fsp3) is 0.833. The van der Waals surface area contributed by atoms with Crippen LogP contribution in [0.2, 0.25) is 0 Å². The summed E-state index contributed by atoms with van der Waals surface area (Å²) >= 11 is 0. The van der Waals surface area contributed by atoms with Crippen molar-refractivity contribution in [3.8, 4) is 0 Å². The normalized spacial score (nSPS) is 10.1. The monoisotopic (exact) mass is 244 g/mol.